The van der Waals surface area contributed by atoms with E-state index in [4.69, 9.17) is 19.9 Å². The molecule has 0 spiro atoms. The quantitative estimate of drug-likeness (QED) is 0.270. The number of carbonyl (C=O) groups excluding carboxylic acids is 4. The average Bonchev–Trinajstić information content (AvgIpc) is 2.82. The number of amides is 2. The van der Waals surface area contributed by atoms with Gasteiger partial charge in [0.05, 0.1) is 24.4 Å². The van der Waals surface area contributed by atoms with Crippen LogP contribution >= 0.6 is 0 Å². The number of nitrogens with two attached hydrogens (primary N) is 1. The van der Waals surface area contributed by atoms with Crippen molar-refractivity contribution in [3.05, 3.63) is 0 Å². The van der Waals surface area contributed by atoms with Crippen molar-refractivity contribution in [2.24, 2.45) is 5.73 Å². The molecular weight excluding hydrogens is 498 g/mol. The van der Waals surface area contributed by atoms with E-state index in [1.165, 1.54) is 11.8 Å². The molecule has 0 bridgehead atoms. The lowest BCUT2D eigenvalue weighted by atomic mass is 9.79. The van der Waals surface area contributed by atoms with E-state index in [9.17, 15) is 29.4 Å². The van der Waals surface area contributed by atoms with Gasteiger partial charge in [0.15, 0.2) is 6.04 Å². The van der Waals surface area contributed by atoms with Crippen LogP contribution in [-0.4, -0.2) is 94.2 Å². The number of esters is 2. The SMILES string of the molecule is CCOC(=O)C(N)C1(O)CCN(C(=O)OC(C)(C)C)CC1.CCOC(=O)C(NC(C)=O)C1(O)CCCCC1. The Bertz CT molecular complexity index is 798. The minimum atomic E-state index is -1.34. The Morgan fingerprint density at radius 3 is 1.84 bits per heavy atom. The van der Waals surface area contributed by atoms with Gasteiger partial charge in [-0.1, -0.05) is 19.3 Å². The number of hydrogen-bond donors (Lipinski definition) is 4. The fourth-order valence-electron chi connectivity index (χ4n) is 4.46. The lowest BCUT2D eigenvalue weighted by molar-refractivity contribution is -0.157. The predicted molar refractivity (Wildman–Crippen MR) is 139 cm³/mol. The normalized spacial score (nSPS) is 20.1. The maximum absolute atomic E-state index is 11.9. The first-order valence-electron chi connectivity index (χ1n) is 13.4. The van der Waals surface area contributed by atoms with Crippen LogP contribution in [0.15, 0.2) is 0 Å². The fourth-order valence-corrected chi connectivity index (χ4v) is 4.46. The Balaban J connectivity index is 0.000000389. The highest BCUT2D eigenvalue weighted by atomic mass is 16.6. The lowest BCUT2D eigenvalue weighted by Gasteiger charge is -2.40. The van der Waals surface area contributed by atoms with E-state index in [2.05, 4.69) is 5.32 Å². The molecule has 2 aliphatic rings. The standard InChI is InChI=1S/C14H26N2O5.C12H21NO4/c1-5-20-11(17)10(15)14(19)6-8-16(9-7-14)12(18)21-13(2,3)4;1-3-17-11(15)10(13-9(2)14)12(16)7-5-4-6-8-12/h10,19H,5-9,15H2,1-4H3;10,16H,3-8H2,1-2H3,(H,13,14). The topological polar surface area (TPSA) is 178 Å². The summed E-state index contributed by atoms with van der Waals surface area (Å²) < 4.78 is 15.0. The van der Waals surface area contributed by atoms with Gasteiger partial charge >= 0.3 is 18.0 Å². The molecule has 38 heavy (non-hydrogen) atoms. The van der Waals surface area contributed by atoms with E-state index in [0.29, 0.717) is 25.9 Å². The van der Waals surface area contributed by atoms with Gasteiger partial charge in [0.25, 0.3) is 0 Å². The van der Waals surface area contributed by atoms with Crippen molar-refractivity contribution in [3.63, 3.8) is 0 Å². The van der Waals surface area contributed by atoms with E-state index in [1.807, 2.05) is 0 Å². The van der Waals surface area contributed by atoms with Crippen LogP contribution in [0.3, 0.4) is 0 Å². The van der Waals surface area contributed by atoms with Crippen molar-refractivity contribution in [3.8, 4) is 0 Å². The number of hydrogen-bond acceptors (Lipinski definition) is 10. The number of likely N-dealkylation sites (tertiary alicyclic amines) is 1. The summed E-state index contributed by atoms with van der Waals surface area (Å²) in [5.74, 6) is -1.50. The second-order valence-corrected chi connectivity index (χ2v) is 10.9. The van der Waals surface area contributed by atoms with E-state index >= 15 is 0 Å². The van der Waals surface area contributed by atoms with Crippen molar-refractivity contribution in [2.45, 2.75) is 115 Å². The van der Waals surface area contributed by atoms with Gasteiger partial charge in [0, 0.05) is 20.0 Å². The van der Waals surface area contributed by atoms with Crippen LogP contribution in [0, 0.1) is 0 Å². The zero-order valence-electron chi connectivity index (χ0n) is 23.7. The Morgan fingerprint density at radius 1 is 0.895 bits per heavy atom. The van der Waals surface area contributed by atoms with E-state index < -0.39 is 46.9 Å². The zero-order chi connectivity index (χ0) is 29.1. The summed E-state index contributed by atoms with van der Waals surface area (Å²) in [6.07, 6.45) is 3.84. The average molecular weight is 546 g/mol. The van der Waals surface area contributed by atoms with Gasteiger partial charge in [-0.25, -0.2) is 9.59 Å². The smallest absolute Gasteiger partial charge is 0.410 e. The molecule has 2 fully saturated rings. The van der Waals surface area contributed by atoms with Gasteiger partial charge in [-0.2, -0.15) is 0 Å². The Morgan fingerprint density at radius 2 is 1.39 bits per heavy atom. The van der Waals surface area contributed by atoms with Gasteiger partial charge in [0.2, 0.25) is 5.91 Å². The third-order valence-electron chi connectivity index (χ3n) is 6.53. The molecule has 12 heteroatoms. The van der Waals surface area contributed by atoms with Gasteiger partial charge in [-0.3, -0.25) is 9.59 Å². The summed E-state index contributed by atoms with van der Waals surface area (Å²) in [7, 11) is 0. The highest BCUT2D eigenvalue weighted by molar-refractivity contribution is 5.84. The van der Waals surface area contributed by atoms with Gasteiger partial charge in [-0.15, -0.1) is 0 Å². The molecule has 5 N–H and O–H groups in total. The Labute approximate surface area is 225 Å². The van der Waals surface area contributed by atoms with Crippen LogP contribution < -0.4 is 11.1 Å². The molecule has 1 aliphatic heterocycles. The first kappa shape index (κ1) is 33.6. The van der Waals surface area contributed by atoms with Crippen LogP contribution in [0.4, 0.5) is 4.79 Å². The molecule has 0 radical (unpaired) electrons. The maximum atomic E-state index is 11.9. The molecule has 1 saturated heterocycles. The molecule has 0 aromatic carbocycles. The molecule has 0 aromatic heterocycles. The Kier molecular flexibility index (Phi) is 12.9. The molecule has 0 aromatic rings. The van der Waals surface area contributed by atoms with Crippen LogP contribution in [0.25, 0.3) is 0 Å². The summed E-state index contributed by atoms with van der Waals surface area (Å²) >= 11 is 0. The molecule has 2 amide bonds. The van der Waals surface area contributed by atoms with Crippen LogP contribution in [0.1, 0.15) is 86.5 Å². The molecule has 1 heterocycles. The van der Waals surface area contributed by atoms with Gasteiger partial charge < -0.3 is 40.4 Å². The Hall–Kier alpha value is -2.44. The monoisotopic (exact) mass is 545 g/mol. The summed E-state index contributed by atoms with van der Waals surface area (Å²) in [5, 5.41) is 23.4. The number of rotatable bonds is 7. The first-order valence-corrected chi connectivity index (χ1v) is 13.4. The van der Waals surface area contributed by atoms with Crippen molar-refractivity contribution in [1.82, 2.24) is 10.2 Å². The zero-order valence-corrected chi connectivity index (χ0v) is 23.7. The van der Waals surface area contributed by atoms with Crippen molar-refractivity contribution in [1.29, 1.82) is 0 Å². The number of nitrogens with zero attached hydrogens (tertiary/aromatic N) is 1. The van der Waals surface area contributed by atoms with Gasteiger partial charge in [-0.05, 0) is 60.3 Å². The summed E-state index contributed by atoms with van der Waals surface area (Å²) in [6.45, 7) is 11.1. The van der Waals surface area contributed by atoms with E-state index in [0.717, 1.165) is 19.3 Å². The van der Waals surface area contributed by atoms with Gasteiger partial charge in [0.1, 0.15) is 11.6 Å². The number of ether oxygens (including phenoxy) is 3. The minimum absolute atomic E-state index is 0.215. The number of piperidine rings is 1. The lowest BCUT2D eigenvalue weighted by Crippen LogP contribution is -2.59. The highest BCUT2D eigenvalue weighted by Crippen LogP contribution is 2.31. The molecule has 2 unspecified atom stereocenters. The molecule has 220 valence electrons. The summed E-state index contributed by atoms with van der Waals surface area (Å²) in [5.41, 5.74) is 2.71. The van der Waals surface area contributed by atoms with Crippen LogP contribution in [-0.2, 0) is 28.6 Å². The van der Waals surface area contributed by atoms with Crippen LogP contribution in [0.5, 0.6) is 0 Å². The largest absolute Gasteiger partial charge is 0.465 e. The fraction of sp³-hybridized carbons (Fsp3) is 0.846. The van der Waals surface area contributed by atoms with Crippen LogP contribution in [0.2, 0.25) is 0 Å². The first-order chi connectivity index (χ1) is 17.6. The van der Waals surface area contributed by atoms with Crippen molar-refractivity contribution < 1.29 is 43.6 Å². The van der Waals surface area contributed by atoms with Crippen molar-refractivity contribution >= 4 is 23.9 Å². The number of nitrogens with one attached hydrogen (secondary N) is 1. The third kappa shape index (κ3) is 10.4. The van der Waals surface area contributed by atoms with Crippen molar-refractivity contribution in [2.75, 3.05) is 26.3 Å². The van der Waals surface area contributed by atoms with E-state index in [1.54, 1.807) is 34.6 Å². The molecule has 12 nitrogen and oxygen atoms in total. The molecule has 2 rings (SSSR count). The molecule has 2 atom stereocenters. The third-order valence-corrected chi connectivity index (χ3v) is 6.53. The second-order valence-electron chi connectivity index (χ2n) is 10.9. The maximum Gasteiger partial charge on any atom is 0.410 e. The molecular formula is C26H47N3O9. The predicted octanol–water partition coefficient (Wildman–Crippen LogP) is 1.39. The number of aliphatic hydroxyl groups is 2. The molecule has 1 aliphatic carbocycles. The second kappa shape index (κ2) is 14.6. The summed E-state index contributed by atoms with van der Waals surface area (Å²) in [6, 6.07) is -2.04. The highest BCUT2D eigenvalue weighted by Gasteiger charge is 2.44. The minimum Gasteiger partial charge on any atom is -0.465 e. The summed E-state index contributed by atoms with van der Waals surface area (Å²) in [4.78, 5) is 48.0. The number of carbonyl (C=O) groups is 4. The van der Waals surface area contributed by atoms with E-state index in [-0.39, 0.29) is 32.0 Å². The molecule has 1 saturated carbocycles.